The van der Waals surface area contributed by atoms with E-state index in [1.807, 2.05) is 24.4 Å². The van der Waals surface area contributed by atoms with Crippen molar-refractivity contribution in [3.8, 4) is 22.5 Å². The van der Waals surface area contributed by atoms with E-state index in [1.54, 1.807) is 0 Å². The number of aromatic nitrogens is 2. The lowest BCUT2D eigenvalue weighted by atomic mass is 9.78. The van der Waals surface area contributed by atoms with Crippen LogP contribution in [-0.2, 0) is 5.41 Å². The van der Waals surface area contributed by atoms with Crippen molar-refractivity contribution in [1.29, 1.82) is 0 Å². The first-order valence-corrected chi connectivity index (χ1v) is 11.0. The molecule has 0 spiro atoms. The number of pyridine rings is 2. The second-order valence-corrected chi connectivity index (χ2v) is 8.40. The molecule has 3 nitrogen and oxygen atoms in total. The monoisotopic (exact) mass is 406 g/mol. The van der Waals surface area contributed by atoms with Crippen molar-refractivity contribution in [3.63, 3.8) is 0 Å². The van der Waals surface area contributed by atoms with Gasteiger partial charge >= 0.3 is 0 Å². The first kappa shape index (κ1) is 19.5. The number of para-hydroxylation sites is 1. The highest BCUT2D eigenvalue weighted by Gasteiger charge is 2.23. The SMILES string of the molecule is CCC(C)(CC)c1ccnc(-c2cccc3c2oc2nc(-c4ccccc4)ccc23)c1. The summed E-state index contributed by atoms with van der Waals surface area (Å²) in [6.45, 7) is 6.82. The zero-order valence-electron chi connectivity index (χ0n) is 18.2. The summed E-state index contributed by atoms with van der Waals surface area (Å²) in [4.78, 5) is 9.51. The van der Waals surface area contributed by atoms with Gasteiger partial charge in [-0.2, -0.15) is 0 Å². The van der Waals surface area contributed by atoms with Gasteiger partial charge in [-0.15, -0.1) is 0 Å². The third kappa shape index (κ3) is 3.31. The quantitative estimate of drug-likeness (QED) is 0.299. The lowest BCUT2D eigenvalue weighted by Crippen LogP contribution is -2.19. The van der Waals surface area contributed by atoms with E-state index in [-0.39, 0.29) is 5.41 Å². The van der Waals surface area contributed by atoms with Gasteiger partial charge in [-0.1, -0.05) is 63.2 Å². The maximum Gasteiger partial charge on any atom is 0.227 e. The number of furan rings is 1. The lowest BCUT2D eigenvalue weighted by molar-refractivity contribution is 0.438. The Kier molecular flexibility index (Phi) is 4.82. The molecule has 0 unspecified atom stereocenters. The van der Waals surface area contributed by atoms with Gasteiger partial charge < -0.3 is 4.42 Å². The molecule has 0 saturated heterocycles. The van der Waals surface area contributed by atoms with Gasteiger partial charge in [0.1, 0.15) is 5.58 Å². The minimum atomic E-state index is 0.144. The Balaban J connectivity index is 1.67. The summed E-state index contributed by atoms with van der Waals surface area (Å²) in [7, 11) is 0. The predicted molar refractivity (Wildman–Crippen MR) is 128 cm³/mol. The van der Waals surface area contributed by atoms with Gasteiger partial charge in [-0.25, -0.2) is 4.98 Å². The van der Waals surface area contributed by atoms with Crippen LogP contribution in [0.5, 0.6) is 0 Å². The number of fused-ring (bicyclic) bond motifs is 3. The molecule has 0 aliphatic heterocycles. The van der Waals surface area contributed by atoms with E-state index in [1.165, 1.54) is 5.56 Å². The summed E-state index contributed by atoms with van der Waals surface area (Å²) in [5, 5.41) is 2.10. The van der Waals surface area contributed by atoms with Gasteiger partial charge in [-0.05, 0) is 54.2 Å². The molecule has 0 radical (unpaired) electrons. The number of hydrogen-bond donors (Lipinski definition) is 0. The maximum atomic E-state index is 6.33. The normalized spacial score (nSPS) is 12.0. The average molecular weight is 407 g/mol. The Morgan fingerprint density at radius 2 is 1.61 bits per heavy atom. The molecule has 3 heterocycles. The first-order valence-electron chi connectivity index (χ1n) is 11.0. The molecular weight excluding hydrogens is 380 g/mol. The largest absolute Gasteiger partial charge is 0.437 e. The highest BCUT2D eigenvalue weighted by atomic mass is 16.3. The molecule has 2 aromatic carbocycles. The molecular formula is C28H26N2O. The van der Waals surface area contributed by atoms with Crippen LogP contribution in [0.4, 0.5) is 0 Å². The molecule has 0 bridgehead atoms. The molecule has 5 aromatic rings. The molecule has 3 heteroatoms. The lowest BCUT2D eigenvalue weighted by Gasteiger charge is -2.27. The highest BCUT2D eigenvalue weighted by Crippen LogP contribution is 2.37. The van der Waals surface area contributed by atoms with Crippen LogP contribution >= 0.6 is 0 Å². The molecule has 0 saturated carbocycles. The second-order valence-electron chi connectivity index (χ2n) is 8.40. The van der Waals surface area contributed by atoms with E-state index >= 15 is 0 Å². The number of hydrogen-bond acceptors (Lipinski definition) is 3. The van der Waals surface area contributed by atoms with Gasteiger partial charge in [0.15, 0.2) is 0 Å². The Bertz CT molecular complexity index is 1360. The van der Waals surface area contributed by atoms with Crippen molar-refractivity contribution in [2.45, 2.75) is 39.0 Å². The molecule has 5 rings (SSSR count). The smallest absolute Gasteiger partial charge is 0.227 e. The van der Waals surface area contributed by atoms with Crippen LogP contribution < -0.4 is 0 Å². The van der Waals surface area contributed by atoms with E-state index in [4.69, 9.17) is 14.4 Å². The van der Waals surface area contributed by atoms with Crippen LogP contribution in [0.3, 0.4) is 0 Å². The van der Waals surface area contributed by atoms with Crippen molar-refractivity contribution in [3.05, 3.63) is 84.6 Å². The molecule has 0 fully saturated rings. The van der Waals surface area contributed by atoms with Gasteiger partial charge in [0, 0.05) is 28.1 Å². The molecule has 0 aliphatic rings. The van der Waals surface area contributed by atoms with E-state index < -0.39 is 0 Å². The standard InChI is InChI=1S/C28H26N2O/c1-4-28(3,5-2)20-16-17-29-25(18-20)23-13-9-12-21-22-14-15-24(19-10-7-6-8-11-19)30-27(22)31-26(21)23/h6-18H,4-5H2,1-3H3. The van der Waals surface area contributed by atoms with E-state index in [2.05, 4.69) is 75.4 Å². The Morgan fingerprint density at radius 3 is 2.39 bits per heavy atom. The van der Waals surface area contributed by atoms with E-state index in [9.17, 15) is 0 Å². The molecule has 0 amide bonds. The van der Waals surface area contributed by atoms with Crippen molar-refractivity contribution in [2.75, 3.05) is 0 Å². The zero-order chi connectivity index (χ0) is 21.4. The maximum absolute atomic E-state index is 6.33. The highest BCUT2D eigenvalue weighted by molar-refractivity contribution is 6.08. The third-order valence-electron chi connectivity index (χ3n) is 6.73. The molecule has 0 atom stereocenters. The van der Waals surface area contributed by atoms with Crippen molar-refractivity contribution in [2.24, 2.45) is 0 Å². The van der Waals surface area contributed by atoms with Gasteiger partial charge in [0.25, 0.3) is 0 Å². The van der Waals surface area contributed by atoms with Crippen LogP contribution in [0.15, 0.2) is 83.4 Å². The zero-order valence-corrected chi connectivity index (χ0v) is 18.2. The number of nitrogens with zero attached hydrogens (tertiary/aromatic N) is 2. The van der Waals surface area contributed by atoms with E-state index in [0.717, 1.165) is 51.7 Å². The molecule has 31 heavy (non-hydrogen) atoms. The molecule has 0 N–H and O–H groups in total. The second kappa shape index (κ2) is 7.66. The number of benzene rings is 2. The van der Waals surface area contributed by atoms with E-state index in [0.29, 0.717) is 5.71 Å². The number of rotatable bonds is 5. The van der Waals surface area contributed by atoms with Crippen LogP contribution in [0, 0.1) is 0 Å². The van der Waals surface area contributed by atoms with Crippen molar-refractivity contribution in [1.82, 2.24) is 9.97 Å². The third-order valence-corrected chi connectivity index (χ3v) is 6.73. The fourth-order valence-corrected chi connectivity index (χ4v) is 4.26. The predicted octanol–water partition coefficient (Wildman–Crippen LogP) is 7.79. The first-order chi connectivity index (χ1) is 15.1. The van der Waals surface area contributed by atoms with Gasteiger partial charge in [0.2, 0.25) is 5.71 Å². The van der Waals surface area contributed by atoms with Crippen LogP contribution in [0.2, 0.25) is 0 Å². The summed E-state index contributed by atoms with van der Waals surface area (Å²) in [6, 6.07) is 25.0. The van der Waals surface area contributed by atoms with Crippen LogP contribution in [0.1, 0.15) is 39.2 Å². The van der Waals surface area contributed by atoms with Gasteiger partial charge in [-0.3, -0.25) is 4.98 Å². The van der Waals surface area contributed by atoms with Crippen molar-refractivity contribution < 1.29 is 4.42 Å². The summed E-state index contributed by atoms with van der Waals surface area (Å²) >= 11 is 0. The van der Waals surface area contributed by atoms with Crippen LogP contribution in [0.25, 0.3) is 44.6 Å². The summed E-state index contributed by atoms with van der Waals surface area (Å²) in [5.74, 6) is 0. The Labute approximate surface area is 182 Å². The fourth-order valence-electron chi connectivity index (χ4n) is 4.26. The Morgan fingerprint density at radius 1 is 0.806 bits per heavy atom. The van der Waals surface area contributed by atoms with Gasteiger partial charge in [0.05, 0.1) is 11.4 Å². The summed E-state index contributed by atoms with van der Waals surface area (Å²) in [6.07, 6.45) is 4.10. The minimum absolute atomic E-state index is 0.144. The molecule has 0 aliphatic carbocycles. The average Bonchev–Trinajstić information content (AvgIpc) is 3.22. The molecule has 154 valence electrons. The minimum Gasteiger partial charge on any atom is -0.437 e. The Hall–Kier alpha value is -3.46. The molecule has 3 aromatic heterocycles. The summed E-state index contributed by atoms with van der Waals surface area (Å²) < 4.78 is 6.33. The summed E-state index contributed by atoms with van der Waals surface area (Å²) in [5.41, 5.74) is 6.91. The topological polar surface area (TPSA) is 38.9 Å². The fraction of sp³-hybridized carbons (Fsp3) is 0.214. The van der Waals surface area contributed by atoms with Crippen LogP contribution in [-0.4, -0.2) is 9.97 Å². The van der Waals surface area contributed by atoms with Crippen molar-refractivity contribution >= 4 is 22.1 Å².